The van der Waals surface area contributed by atoms with E-state index in [1.165, 1.54) is 28.9 Å². The van der Waals surface area contributed by atoms with E-state index < -0.39 is 0 Å². The van der Waals surface area contributed by atoms with Gasteiger partial charge in [0.2, 0.25) is 0 Å². The smallest absolute Gasteiger partial charge is 0.141 e. The van der Waals surface area contributed by atoms with Crippen LogP contribution in [0.25, 0.3) is 0 Å². The summed E-state index contributed by atoms with van der Waals surface area (Å²) < 4.78 is 5.51. The largest absolute Gasteiger partial charge is 0.361 e. The van der Waals surface area contributed by atoms with Crippen LogP contribution in [0.1, 0.15) is 48.4 Å². The van der Waals surface area contributed by atoms with Crippen molar-refractivity contribution in [3.8, 4) is 0 Å². The Morgan fingerprint density at radius 3 is 2.77 bits per heavy atom. The number of aryl methyl sites for hydroxylation is 2. The Bertz CT molecular complexity index is 621. The summed E-state index contributed by atoms with van der Waals surface area (Å²) in [5, 5.41) is 4.19. The number of hydrogen-bond donors (Lipinski definition) is 0. The van der Waals surface area contributed by atoms with Gasteiger partial charge in [-0.15, -0.1) is 11.8 Å². The summed E-state index contributed by atoms with van der Waals surface area (Å²) in [6, 6.07) is 9.40. The third-order valence-electron chi connectivity index (χ3n) is 4.55. The zero-order chi connectivity index (χ0) is 15.5. The molecule has 1 aromatic heterocycles. The van der Waals surface area contributed by atoms with Gasteiger partial charge in [-0.3, -0.25) is 4.90 Å². The monoisotopic (exact) mass is 316 g/mol. The van der Waals surface area contributed by atoms with Gasteiger partial charge in [0.1, 0.15) is 5.76 Å². The number of nitrogens with zero attached hydrogens (tertiary/aromatic N) is 2. The molecule has 1 unspecified atom stereocenters. The minimum atomic E-state index is 0.460. The van der Waals surface area contributed by atoms with Crippen molar-refractivity contribution in [3.05, 3.63) is 46.8 Å². The number of likely N-dealkylation sites (tertiary alicyclic amines) is 1. The maximum atomic E-state index is 5.51. The summed E-state index contributed by atoms with van der Waals surface area (Å²) in [6.07, 6.45) is 5.49. The molecule has 0 radical (unpaired) electrons. The third kappa shape index (κ3) is 3.08. The van der Waals surface area contributed by atoms with Crippen LogP contribution >= 0.6 is 11.8 Å². The van der Waals surface area contributed by atoms with Gasteiger partial charge in [-0.1, -0.05) is 24.2 Å². The van der Waals surface area contributed by atoms with E-state index in [1.807, 2.05) is 0 Å². The normalized spacial score (nSPS) is 19.0. The lowest BCUT2D eigenvalue weighted by Gasteiger charge is -2.24. The molecule has 0 amide bonds. The van der Waals surface area contributed by atoms with Gasteiger partial charge in [-0.05, 0) is 50.3 Å². The fraction of sp³-hybridized carbons (Fsp3) is 0.500. The summed E-state index contributed by atoms with van der Waals surface area (Å²) in [5.41, 5.74) is 3.78. The Morgan fingerprint density at radius 1 is 1.32 bits per heavy atom. The number of thioether (sulfide) groups is 1. The van der Waals surface area contributed by atoms with Crippen LogP contribution in [0.15, 0.2) is 33.7 Å². The third-order valence-corrected chi connectivity index (χ3v) is 5.29. The van der Waals surface area contributed by atoms with Crippen molar-refractivity contribution in [1.82, 2.24) is 10.1 Å². The number of rotatable bonds is 5. The van der Waals surface area contributed by atoms with Gasteiger partial charge in [0, 0.05) is 29.5 Å². The van der Waals surface area contributed by atoms with E-state index in [2.05, 4.69) is 54.4 Å². The number of hydrogen-bond acceptors (Lipinski definition) is 4. The van der Waals surface area contributed by atoms with Gasteiger partial charge in [0.15, 0.2) is 0 Å². The van der Waals surface area contributed by atoms with Crippen LogP contribution in [-0.2, 0) is 13.0 Å². The van der Waals surface area contributed by atoms with Gasteiger partial charge < -0.3 is 4.52 Å². The molecule has 0 N–H and O–H groups in total. The molecule has 2 aromatic rings. The summed E-state index contributed by atoms with van der Waals surface area (Å²) in [6.45, 7) is 6.38. The molecule has 1 fully saturated rings. The zero-order valence-electron chi connectivity index (χ0n) is 13.6. The van der Waals surface area contributed by atoms with Crippen molar-refractivity contribution < 1.29 is 4.52 Å². The van der Waals surface area contributed by atoms with Crippen molar-refractivity contribution in [3.63, 3.8) is 0 Å². The highest BCUT2D eigenvalue weighted by atomic mass is 32.2. The lowest BCUT2D eigenvalue weighted by Crippen LogP contribution is -2.23. The molecule has 0 aliphatic carbocycles. The van der Waals surface area contributed by atoms with Gasteiger partial charge in [0.05, 0.1) is 5.69 Å². The second-order valence-corrected chi connectivity index (χ2v) is 6.81. The average molecular weight is 316 g/mol. The highest BCUT2D eigenvalue weighted by Gasteiger charge is 2.31. The van der Waals surface area contributed by atoms with E-state index in [9.17, 15) is 0 Å². The van der Waals surface area contributed by atoms with E-state index in [-0.39, 0.29) is 0 Å². The highest BCUT2D eigenvalue weighted by molar-refractivity contribution is 7.98. The molecule has 1 aliphatic heterocycles. The lowest BCUT2D eigenvalue weighted by molar-refractivity contribution is 0.245. The SMILES string of the molecule is CCc1onc(C)c1C1CCCN1Cc1ccc(SC)cc1. The van der Waals surface area contributed by atoms with Crippen LogP contribution in [0, 0.1) is 6.92 Å². The molecule has 3 rings (SSSR count). The molecule has 1 aliphatic rings. The molecule has 1 atom stereocenters. The topological polar surface area (TPSA) is 29.3 Å². The van der Waals surface area contributed by atoms with Crippen molar-refractivity contribution in [2.75, 3.05) is 12.8 Å². The molecule has 2 heterocycles. The zero-order valence-corrected chi connectivity index (χ0v) is 14.4. The molecule has 4 heteroatoms. The molecule has 1 aromatic carbocycles. The van der Waals surface area contributed by atoms with Crippen LogP contribution in [-0.4, -0.2) is 22.9 Å². The maximum Gasteiger partial charge on any atom is 0.141 e. The van der Waals surface area contributed by atoms with Gasteiger partial charge in [-0.25, -0.2) is 0 Å². The molecule has 0 bridgehead atoms. The lowest BCUT2D eigenvalue weighted by atomic mass is 10.0. The minimum absolute atomic E-state index is 0.460. The number of benzene rings is 1. The van der Waals surface area contributed by atoms with E-state index in [1.54, 1.807) is 11.8 Å². The summed E-state index contributed by atoms with van der Waals surface area (Å²) in [4.78, 5) is 3.90. The maximum absolute atomic E-state index is 5.51. The molecule has 0 spiro atoms. The van der Waals surface area contributed by atoms with Crippen molar-refractivity contribution in [2.45, 2.75) is 50.6 Å². The Balaban J connectivity index is 1.79. The first-order valence-electron chi connectivity index (χ1n) is 8.05. The van der Waals surface area contributed by atoms with Crippen molar-refractivity contribution >= 4 is 11.8 Å². The Hall–Kier alpha value is -1.26. The number of aromatic nitrogens is 1. The summed E-state index contributed by atoms with van der Waals surface area (Å²) in [5.74, 6) is 1.06. The molecular formula is C18H24N2OS. The summed E-state index contributed by atoms with van der Waals surface area (Å²) in [7, 11) is 0. The minimum Gasteiger partial charge on any atom is -0.361 e. The second-order valence-electron chi connectivity index (χ2n) is 5.93. The van der Waals surface area contributed by atoms with Crippen LogP contribution in [0.2, 0.25) is 0 Å². The highest BCUT2D eigenvalue weighted by Crippen LogP contribution is 2.37. The standard InChI is InChI=1S/C18H24N2OS/c1-4-17-18(13(2)19-21-17)16-6-5-11-20(16)12-14-7-9-15(22-3)10-8-14/h7-10,16H,4-6,11-12H2,1-3H3. The predicted octanol–water partition coefficient (Wildman–Crippen LogP) is 4.60. The Kier molecular flexibility index (Phi) is 4.89. The second kappa shape index (κ2) is 6.88. The van der Waals surface area contributed by atoms with Gasteiger partial charge in [-0.2, -0.15) is 0 Å². The molecular weight excluding hydrogens is 292 g/mol. The van der Waals surface area contributed by atoms with Crippen molar-refractivity contribution in [1.29, 1.82) is 0 Å². The average Bonchev–Trinajstić information content (AvgIpc) is 3.14. The quantitative estimate of drug-likeness (QED) is 0.754. The molecule has 118 valence electrons. The first kappa shape index (κ1) is 15.6. The molecule has 22 heavy (non-hydrogen) atoms. The van der Waals surface area contributed by atoms with Crippen molar-refractivity contribution in [2.24, 2.45) is 0 Å². The Morgan fingerprint density at radius 2 is 2.09 bits per heavy atom. The fourth-order valence-electron chi connectivity index (χ4n) is 3.41. The van der Waals surface area contributed by atoms with Gasteiger partial charge >= 0.3 is 0 Å². The summed E-state index contributed by atoms with van der Waals surface area (Å²) >= 11 is 1.79. The first-order valence-corrected chi connectivity index (χ1v) is 9.27. The van der Waals surface area contributed by atoms with E-state index in [0.717, 1.165) is 31.0 Å². The fourth-order valence-corrected chi connectivity index (χ4v) is 3.82. The first-order chi connectivity index (χ1) is 10.7. The molecule has 3 nitrogen and oxygen atoms in total. The van der Waals surface area contributed by atoms with E-state index in [4.69, 9.17) is 4.52 Å². The van der Waals surface area contributed by atoms with Crippen LogP contribution in [0.5, 0.6) is 0 Å². The Labute approximate surface area is 137 Å². The van der Waals surface area contributed by atoms with E-state index >= 15 is 0 Å². The molecule has 1 saturated heterocycles. The van der Waals surface area contributed by atoms with Gasteiger partial charge in [0.25, 0.3) is 0 Å². The predicted molar refractivity (Wildman–Crippen MR) is 91.2 cm³/mol. The van der Waals surface area contributed by atoms with E-state index in [0.29, 0.717) is 6.04 Å². The van der Waals surface area contributed by atoms with Crippen LogP contribution < -0.4 is 0 Å². The van der Waals surface area contributed by atoms with Crippen LogP contribution in [0.3, 0.4) is 0 Å². The van der Waals surface area contributed by atoms with Crippen LogP contribution in [0.4, 0.5) is 0 Å². The molecule has 0 saturated carbocycles.